The largest absolute Gasteiger partial charge is 0.343 e. The van der Waals surface area contributed by atoms with Crippen LogP contribution in [0.5, 0.6) is 0 Å². The lowest BCUT2D eigenvalue weighted by Gasteiger charge is -2.13. The molecule has 3 rings (SSSR count). The highest BCUT2D eigenvalue weighted by Gasteiger charge is 2.36. The van der Waals surface area contributed by atoms with Gasteiger partial charge in [-0.3, -0.25) is 0 Å². The molecule has 0 aliphatic heterocycles. The monoisotopic (exact) mass is 232 g/mol. The van der Waals surface area contributed by atoms with E-state index >= 15 is 0 Å². The molecule has 1 atom stereocenters. The first-order chi connectivity index (χ1) is 8.38. The number of hydrogen-bond donors (Lipinski definition) is 1. The number of nitrogens with two attached hydrogens (primary N) is 1. The molecule has 2 N–H and O–H groups in total. The van der Waals surface area contributed by atoms with Crippen molar-refractivity contribution in [2.45, 2.75) is 25.3 Å². The van der Waals surface area contributed by atoms with Crippen molar-refractivity contribution in [2.24, 2.45) is 11.7 Å². The molecule has 1 fully saturated rings. The molecule has 0 amide bonds. The molecule has 1 aliphatic rings. The van der Waals surface area contributed by atoms with E-state index < -0.39 is 0 Å². The molecule has 0 saturated heterocycles. The summed E-state index contributed by atoms with van der Waals surface area (Å²) >= 11 is 0. The summed E-state index contributed by atoms with van der Waals surface area (Å²) in [5, 5.41) is 4.09. The number of nitrogens with zero attached hydrogens (tertiary/aromatic N) is 3. The van der Waals surface area contributed by atoms with Crippen molar-refractivity contribution in [3.8, 4) is 0 Å². The Kier molecular flexibility index (Phi) is 2.68. The number of aromatic nitrogens is 3. The topological polar surface area (TPSA) is 69.9 Å². The molecule has 2 heterocycles. The number of rotatable bonds is 5. The van der Waals surface area contributed by atoms with Gasteiger partial charge in [-0.15, -0.1) is 0 Å². The molecule has 0 spiro atoms. The van der Waals surface area contributed by atoms with E-state index in [4.69, 9.17) is 10.3 Å². The van der Waals surface area contributed by atoms with E-state index in [0.717, 1.165) is 5.82 Å². The third-order valence-corrected chi connectivity index (χ3v) is 3.12. The molecule has 2 aromatic rings. The molecule has 5 heteroatoms. The third-order valence-electron chi connectivity index (χ3n) is 3.12. The highest BCUT2D eigenvalue weighted by molar-refractivity contribution is 5.07. The molecular formula is C12H16N4O. The van der Waals surface area contributed by atoms with Crippen molar-refractivity contribution in [1.29, 1.82) is 0 Å². The Balaban J connectivity index is 1.87. The van der Waals surface area contributed by atoms with Crippen LogP contribution >= 0.6 is 0 Å². The lowest BCUT2D eigenvalue weighted by Crippen LogP contribution is -2.13. The minimum Gasteiger partial charge on any atom is -0.343 e. The summed E-state index contributed by atoms with van der Waals surface area (Å²) in [4.78, 5) is 4.44. The summed E-state index contributed by atoms with van der Waals surface area (Å²) in [7, 11) is 0. The van der Waals surface area contributed by atoms with E-state index in [1.807, 2.05) is 12.1 Å². The summed E-state index contributed by atoms with van der Waals surface area (Å²) in [5.41, 5.74) is 5.48. The van der Waals surface area contributed by atoms with Crippen LogP contribution in [0.3, 0.4) is 0 Å². The Labute approximate surface area is 99.6 Å². The summed E-state index contributed by atoms with van der Waals surface area (Å²) in [6.07, 6.45) is 7.24. The van der Waals surface area contributed by atoms with Gasteiger partial charge >= 0.3 is 0 Å². The van der Waals surface area contributed by atoms with E-state index in [-0.39, 0.29) is 6.04 Å². The van der Waals surface area contributed by atoms with Crippen molar-refractivity contribution >= 4 is 0 Å². The fourth-order valence-electron chi connectivity index (χ4n) is 2.15. The Hall–Kier alpha value is -1.62. The van der Waals surface area contributed by atoms with Crippen molar-refractivity contribution < 1.29 is 4.52 Å². The van der Waals surface area contributed by atoms with Gasteiger partial charge in [0.1, 0.15) is 0 Å². The summed E-state index contributed by atoms with van der Waals surface area (Å²) in [5.74, 6) is 2.07. The average molecular weight is 232 g/mol. The van der Waals surface area contributed by atoms with E-state index in [0.29, 0.717) is 24.8 Å². The predicted molar refractivity (Wildman–Crippen MR) is 62.4 cm³/mol. The van der Waals surface area contributed by atoms with Gasteiger partial charge in [-0.1, -0.05) is 5.16 Å². The summed E-state index contributed by atoms with van der Waals surface area (Å²) < 4.78 is 7.37. The smallest absolute Gasteiger partial charge is 0.227 e. The fraction of sp³-hybridized carbons (Fsp3) is 0.500. The molecule has 17 heavy (non-hydrogen) atoms. The van der Waals surface area contributed by atoms with E-state index in [1.54, 1.807) is 0 Å². The van der Waals surface area contributed by atoms with E-state index in [1.165, 1.54) is 12.8 Å². The first kappa shape index (κ1) is 10.5. The number of hydrogen-bond acceptors (Lipinski definition) is 4. The minimum atomic E-state index is 0.222. The van der Waals surface area contributed by atoms with Crippen LogP contribution in [0.25, 0.3) is 0 Å². The molecule has 2 aromatic heterocycles. The van der Waals surface area contributed by atoms with Crippen LogP contribution in [0.4, 0.5) is 0 Å². The average Bonchev–Trinajstić information content (AvgIpc) is 2.82. The lowest BCUT2D eigenvalue weighted by molar-refractivity contribution is 0.363. The maximum Gasteiger partial charge on any atom is 0.227 e. The first-order valence-electron chi connectivity index (χ1n) is 6.03. The fourth-order valence-corrected chi connectivity index (χ4v) is 2.15. The Bertz CT molecular complexity index is 472. The Morgan fingerprint density at radius 2 is 2.18 bits per heavy atom. The highest BCUT2D eigenvalue weighted by Crippen LogP contribution is 2.42. The molecular weight excluding hydrogens is 216 g/mol. The van der Waals surface area contributed by atoms with Gasteiger partial charge < -0.3 is 14.8 Å². The SMILES string of the molecule is NCCc1nc([C@@H](C2CC2)n2cccc2)no1. The molecule has 0 radical (unpaired) electrons. The van der Waals surface area contributed by atoms with Crippen LogP contribution < -0.4 is 5.73 Å². The highest BCUT2D eigenvalue weighted by atomic mass is 16.5. The van der Waals surface area contributed by atoms with Crippen LogP contribution in [0.15, 0.2) is 29.0 Å². The van der Waals surface area contributed by atoms with Gasteiger partial charge in [0.25, 0.3) is 0 Å². The molecule has 1 aliphatic carbocycles. The first-order valence-corrected chi connectivity index (χ1v) is 6.03. The molecule has 1 saturated carbocycles. The van der Waals surface area contributed by atoms with Gasteiger partial charge in [0.2, 0.25) is 5.89 Å². The second-order valence-corrected chi connectivity index (χ2v) is 4.50. The Morgan fingerprint density at radius 1 is 1.41 bits per heavy atom. The molecule has 0 unspecified atom stereocenters. The quantitative estimate of drug-likeness (QED) is 0.845. The van der Waals surface area contributed by atoms with Gasteiger partial charge in [0.05, 0.1) is 6.04 Å². The second kappa shape index (κ2) is 4.33. The Morgan fingerprint density at radius 3 is 2.82 bits per heavy atom. The second-order valence-electron chi connectivity index (χ2n) is 4.50. The van der Waals surface area contributed by atoms with Crippen molar-refractivity contribution in [2.75, 3.05) is 6.54 Å². The standard InChI is InChI=1S/C12H16N4O/c13-6-5-10-14-12(15-17-10)11(9-3-4-9)16-7-1-2-8-16/h1-2,7-9,11H,3-6,13H2/t11-/m1/s1. The summed E-state index contributed by atoms with van der Waals surface area (Å²) in [6.45, 7) is 0.541. The molecule has 0 aromatic carbocycles. The van der Waals surface area contributed by atoms with Crippen LogP contribution in [0.2, 0.25) is 0 Å². The molecule has 90 valence electrons. The van der Waals surface area contributed by atoms with Gasteiger partial charge in [-0.2, -0.15) is 4.98 Å². The zero-order valence-electron chi connectivity index (χ0n) is 9.62. The molecule has 0 bridgehead atoms. The van der Waals surface area contributed by atoms with E-state index in [9.17, 15) is 0 Å². The predicted octanol–water partition coefficient (Wildman–Crippen LogP) is 1.37. The maximum absolute atomic E-state index is 5.48. The van der Waals surface area contributed by atoms with Crippen LogP contribution in [0.1, 0.15) is 30.6 Å². The third kappa shape index (κ3) is 2.10. The lowest BCUT2D eigenvalue weighted by atomic mass is 10.1. The van der Waals surface area contributed by atoms with Gasteiger partial charge in [-0.25, -0.2) is 0 Å². The van der Waals surface area contributed by atoms with E-state index in [2.05, 4.69) is 27.1 Å². The van der Waals surface area contributed by atoms with Crippen molar-refractivity contribution in [3.05, 3.63) is 36.2 Å². The van der Waals surface area contributed by atoms with Crippen LogP contribution in [0, 0.1) is 5.92 Å². The van der Waals surface area contributed by atoms with Gasteiger partial charge in [0, 0.05) is 25.4 Å². The normalized spacial score (nSPS) is 17.2. The van der Waals surface area contributed by atoms with Gasteiger partial charge in [-0.05, 0) is 30.9 Å². The van der Waals surface area contributed by atoms with Crippen molar-refractivity contribution in [3.63, 3.8) is 0 Å². The summed E-state index contributed by atoms with van der Waals surface area (Å²) in [6, 6.07) is 4.27. The zero-order valence-corrected chi connectivity index (χ0v) is 9.62. The van der Waals surface area contributed by atoms with Gasteiger partial charge in [0.15, 0.2) is 5.82 Å². The van der Waals surface area contributed by atoms with Crippen LogP contribution in [-0.2, 0) is 6.42 Å². The maximum atomic E-state index is 5.48. The zero-order chi connectivity index (χ0) is 11.7. The van der Waals surface area contributed by atoms with Crippen LogP contribution in [-0.4, -0.2) is 21.3 Å². The van der Waals surface area contributed by atoms with Crippen molar-refractivity contribution in [1.82, 2.24) is 14.7 Å². The minimum absolute atomic E-state index is 0.222. The molecule has 5 nitrogen and oxygen atoms in total.